The topological polar surface area (TPSA) is 86.3 Å². The van der Waals surface area contributed by atoms with Crippen molar-refractivity contribution >= 4 is 18.7 Å². The van der Waals surface area contributed by atoms with Gasteiger partial charge in [-0.1, -0.05) is 12.1 Å². The van der Waals surface area contributed by atoms with E-state index in [1.807, 2.05) is 39.0 Å². The fourth-order valence-corrected chi connectivity index (χ4v) is 2.75. The van der Waals surface area contributed by atoms with E-state index in [-0.39, 0.29) is 25.9 Å². The first-order valence-electron chi connectivity index (χ1n) is 8.01. The lowest BCUT2D eigenvalue weighted by molar-refractivity contribution is 0.0417. The SMILES string of the molecule is CC(C)(C)OC(=O)NCC1OB2OC(CO)COc3cccc1c32. The van der Waals surface area contributed by atoms with Crippen molar-refractivity contribution in [2.75, 3.05) is 19.8 Å². The second kappa shape index (κ2) is 6.62. The Kier molecular flexibility index (Phi) is 4.71. The maximum Gasteiger partial charge on any atom is 0.499 e. The van der Waals surface area contributed by atoms with Crippen LogP contribution in [0.1, 0.15) is 32.4 Å². The van der Waals surface area contributed by atoms with Crippen LogP contribution in [-0.2, 0) is 14.0 Å². The van der Waals surface area contributed by atoms with E-state index in [0.29, 0.717) is 5.75 Å². The van der Waals surface area contributed by atoms with Gasteiger partial charge < -0.3 is 29.2 Å². The summed E-state index contributed by atoms with van der Waals surface area (Å²) in [5, 5.41) is 12.1. The molecule has 1 aromatic carbocycles. The van der Waals surface area contributed by atoms with E-state index in [1.54, 1.807) is 0 Å². The summed E-state index contributed by atoms with van der Waals surface area (Å²) in [6.07, 6.45) is -1.31. The van der Waals surface area contributed by atoms with Crippen molar-refractivity contribution in [1.82, 2.24) is 5.32 Å². The summed E-state index contributed by atoms with van der Waals surface area (Å²) in [6, 6.07) is 5.65. The van der Waals surface area contributed by atoms with Crippen molar-refractivity contribution in [3.63, 3.8) is 0 Å². The Labute approximate surface area is 141 Å². The molecule has 2 aliphatic heterocycles. The number of nitrogens with one attached hydrogen (secondary N) is 1. The normalized spacial score (nSPS) is 22.4. The molecule has 0 saturated carbocycles. The zero-order valence-corrected chi connectivity index (χ0v) is 14.1. The van der Waals surface area contributed by atoms with E-state index in [2.05, 4.69) is 5.32 Å². The summed E-state index contributed by atoms with van der Waals surface area (Å²) in [7, 11) is -0.610. The smallest absolute Gasteiger partial charge is 0.491 e. The number of carbonyl (C=O) groups excluding carboxylic acids is 1. The van der Waals surface area contributed by atoms with Gasteiger partial charge in [-0.2, -0.15) is 0 Å². The molecule has 0 saturated heterocycles. The number of hydrogen-bond donors (Lipinski definition) is 2. The zero-order valence-electron chi connectivity index (χ0n) is 14.1. The lowest BCUT2D eigenvalue weighted by Crippen LogP contribution is -2.37. The number of carbonyl (C=O) groups is 1. The molecule has 0 aromatic heterocycles. The number of rotatable bonds is 3. The minimum Gasteiger partial charge on any atom is -0.491 e. The number of hydrogen-bond acceptors (Lipinski definition) is 6. The van der Waals surface area contributed by atoms with Gasteiger partial charge in [-0.05, 0) is 32.4 Å². The molecule has 8 heteroatoms. The number of aliphatic hydroxyl groups excluding tert-OH is 1. The summed E-state index contributed by atoms with van der Waals surface area (Å²) in [5.74, 6) is 0.688. The first kappa shape index (κ1) is 17.1. The van der Waals surface area contributed by atoms with Gasteiger partial charge in [0.1, 0.15) is 24.1 Å². The van der Waals surface area contributed by atoms with Crippen molar-refractivity contribution in [1.29, 1.82) is 0 Å². The quantitative estimate of drug-likeness (QED) is 0.793. The second-order valence-corrected chi connectivity index (χ2v) is 6.85. The van der Waals surface area contributed by atoms with Gasteiger partial charge in [0.25, 0.3) is 0 Å². The average molecular weight is 335 g/mol. The molecule has 2 heterocycles. The number of aliphatic hydroxyl groups is 1. The Hall–Kier alpha value is -1.77. The standard InChI is InChI=1S/C16H22BNO6/c1-16(2,3)22-15(20)18-7-13-11-5-4-6-12-14(11)17(24-13)23-10(8-19)9-21-12/h4-6,10,13,19H,7-9H2,1-3H3,(H,18,20). The van der Waals surface area contributed by atoms with E-state index in [4.69, 9.17) is 18.8 Å². The molecule has 0 spiro atoms. The van der Waals surface area contributed by atoms with Crippen molar-refractivity contribution in [2.45, 2.75) is 38.6 Å². The third-order valence-corrected chi connectivity index (χ3v) is 3.75. The molecular weight excluding hydrogens is 313 g/mol. The maximum atomic E-state index is 11.8. The van der Waals surface area contributed by atoms with Gasteiger partial charge in [-0.15, -0.1) is 0 Å². The van der Waals surface area contributed by atoms with Crippen molar-refractivity contribution in [2.24, 2.45) is 0 Å². The second-order valence-electron chi connectivity index (χ2n) is 6.85. The van der Waals surface area contributed by atoms with Crippen LogP contribution in [0.3, 0.4) is 0 Å². The summed E-state index contributed by atoms with van der Waals surface area (Å²) in [5.41, 5.74) is 1.18. The van der Waals surface area contributed by atoms with Crippen LogP contribution >= 0.6 is 0 Å². The highest BCUT2D eigenvalue weighted by Gasteiger charge is 2.43. The number of ether oxygens (including phenoxy) is 2. The third kappa shape index (κ3) is 3.66. The summed E-state index contributed by atoms with van der Waals surface area (Å²) < 4.78 is 22.6. The van der Waals surface area contributed by atoms with E-state index in [9.17, 15) is 9.90 Å². The fraction of sp³-hybridized carbons (Fsp3) is 0.562. The van der Waals surface area contributed by atoms with Gasteiger partial charge in [0.05, 0.1) is 12.7 Å². The highest BCUT2D eigenvalue weighted by molar-refractivity contribution is 6.64. The molecule has 2 atom stereocenters. The minimum absolute atomic E-state index is 0.149. The Balaban J connectivity index is 1.72. The first-order valence-corrected chi connectivity index (χ1v) is 8.01. The van der Waals surface area contributed by atoms with Gasteiger partial charge in [0.15, 0.2) is 0 Å². The molecule has 1 aromatic rings. The largest absolute Gasteiger partial charge is 0.499 e. The van der Waals surface area contributed by atoms with Gasteiger partial charge in [0.2, 0.25) is 0 Å². The van der Waals surface area contributed by atoms with E-state index in [1.165, 1.54) is 0 Å². The lowest BCUT2D eigenvalue weighted by atomic mass is 9.77. The molecule has 0 bridgehead atoms. The van der Waals surface area contributed by atoms with E-state index >= 15 is 0 Å². The predicted molar refractivity (Wildman–Crippen MR) is 87.3 cm³/mol. The Bertz CT molecular complexity index is 617. The molecule has 130 valence electrons. The van der Waals surface area contributed by atoms with E-state index in [0.717, 1.165) is 11.0 Å². The van der Waals surface area contributed by atoms with Gasteiger partial charge in [-0.3, -0.25) is 0 Å². The summed E-state index contributed by atoms with van der Waals surface area (Å²) >= 11 is 0. The maximum absolute atomic E-state index is 11.8. The Morgan fingerprint density at radius 2 is 2.21 bits per heavy atom. The molecule has 2 N–H and O–H groups in total. The average Bonchev–Trinajstić information content (AvgIpc) is 2.75. The minimum atomic E-state index is -0.610. The summed E-state index contributed by atoms with van der Waals surface area (Å²) in [4.78, 5) is 11.8. The fourth-order valence-electron chi connectivity index (χ4n) is 2.75. The van der Waals surface area contributed by atoms with Crippen LogP contribution in [0.15, 0.2) is 18.2 Å². The molecule has 1 amide bonds. The molecule has 3 rings (SSSR count). The van der Waals surface area contributed by atoms with Crippen molar-refractivity contribution < 1.29 is 28.7 Å². The molecule has 24 heavy (non-hydrogen) atoms. The molecule has 0 fully saturated rings. The summed E-state index contributed by atoms with van der Waals surface area (Å²) in [6.45, 7) is 5.81. The Morgan fingerprint density at radius 1 is 1.42 bits per heavy atom. The molecule has 0 aliphatic carbocycles. The monoisotopic (exact) mass is 335 g/mol. The van der Waals surface area contributed by atoms with E-state index < -0.39 is 24.9 Å². The zero-order chi connectivity index (χ0) is 17.3. The van der Waals surface area contributed by atoms with Gasteiger partial charge in [-0.25, -0.2) is 4.79 Å². The van der Waals surface area contributed by atoms with Crippen molar-refractivity contribution in [3.05, 3.63) is 23.8 Å². The van der Waals surface area contributed by atoms with Crippen LogP contribution < -0.4 is 15.5 Å². The molecule has 2 unspecified atom stereocenters. The number of amides is 1. The van der Waals surface area contributed by atoms with Gasteiger partial charge in [0, 0.05) is 12.0 Å². The van der Waals surface area contributed by atoms with Crippen LogP contribution in [0.25, 0.3) is 0 Å². The molecule has 7 nitrogen and oxygen atoms in total. The first-order chi connectivity index (χ1) is 11.4. The van der Waals surface area contributed by atoms with Gasteiger partial charge >= 0.3 is 13.2 Å². The van der Waals surface area contributed by atoms with Crippen LogP contribution in [0.5, 0.6) is 5.75 Å². The third-order valence-electron chi connectivity index (χ3n) is 3.75. The highest BCUT2D eigenvalue weighted by atomic mass is 16.6. The predicted octanol–water partition coefficient (Wildman–Crippen LogP) is 0.748. The van der Waals surface area contributed by atoms with Crippen LogP contribution in [0, 0.1) is 0 Å². The molecule has 2 aliphatic rings. The molecular formula is C16H22BNO6. The number of benzene rings is 1. The Morgan fingerprint density at radius 3 is 2.92 bits per heavy atom. The van der Waals surface area contributed by atoms with Crippen LogP contribution in [0.2, 0.25) is 0 Å². The van der Waals surface area contributed by atoms with Crippen molar-refractivity contribution in [3.8, 4) is 5.75 Å². The number of alkyl carbamates (subject to hydrolysis) is 1. The highest BCUT2D eigenvalue weighted by Crippen LogP contribution is 2.30. The lowest BCUT2D eigenvalue weighted by Gasteiger charge is -2.21. The van der Waals surface area contributed by atoms with Crippen LogP contribution in [0.4, 0.5) is 4.79 Å². The van der Waals surface area contributed by atoms with Crippen LogP contribution in [-0.4, -0.2) is 49.8 Å². The molecule has 0 radical (unpaired) electrons.